The van der Waals surface area contributed by atoms with Crippen molar-refractivity contribution in [3.05, 3.63) is 72.1 Å². The van der Waals surface area contributed by atoms with Gasteiger partial charge in [-0.15, -0.1) is 0 Å². The molecule has 0 spiro atoms. The number of aromatic amines is 1. The van der Waals surface area contributed by atoms with Gasteiger partial charge >= 0.3 is 0 Å². The van der Waals surface area contributed by atoms with E-state index in [4.69, 9.17) is 4.74 Å². The Morgan fingerprint density at radius 1 is 1.12 bits per heavy atom. The molecule has 1 unspecified atom stereocenters. The van der Waals surface area contributed by atoms with Gasteiger partial charge in [0.1, 0.15) is 11.6 Å². The van der Waals surface area contributed by atoms with Gasteiger partial charge in [0.25, 0.3) is 0 Å². The number of imidazole rings is 1. The second-order valence-electron chi connectivity index (χ2n) is 5.97. The minimum atomic E-state index is -1.03. The van der Waals surface area contributed by atoms with Crippen molar-refractivity contribution >= 4 is 27.6 Å². The molecule has 0 fully saturated rings. The number of ether oxygens (including phenoxy) is 1. The molecule has 126 valence electrons. The zero-order chi connectivity index (χ0) is 18.1. The third-order valence-corrected chi connectivity index (χ3v) is 4.41. The summed E-state index contributed by atoms with van der Waals surface area (Å²) in [6.45, 7) is 0. The molecule has 1 aromatic heterocycles. The number of rotatable bonds is 4. The Morgan fingerprint density at radius 2 is 1.81 bits per heavy atom. The van der Waals surface area contributed by atoms with Crippen LogP contribution in [0.5, 0.6) is 5.75 Å². The molecule has 1 atom stereocenters. The number of ketones is 1. The van der Waals surface area contributed by atoms with Crippen molar-refractivity contribution in [1.29, 1.82) is 5.26 Å². The van der Waals surface area contributed by atoms with Crippen molar-refractivity contribution in [2.45, 2.75) is 5.92 Å². The number of methoxy groups -OCH3 is 1. The van der Waals surface area contributed by atoms with Crippen LogP contribution >= 0.6 is 0 Å². The summed E-state index contributed by atoms with van der Waals surface area (Å²) in [5.41, 5.74) is 1.89. The zero-order valence-corrected chi connectivity index (χ0v) is 14.1. The maximum atomic E-state index is 13.1. The van der Waals surface area contributed by atoms with E-state index in [1.165, 1.54) is 7.11 Å². The van der Waals surface area contributed by atoms with Crippen LogP contribution in [0, 0.1) is 11.3 Å². The average molecular weight is 341 g/mol. The summed E-state index contributed by atoms with van der Waals surface area (Å²) in [4.78, 5) is 20.6. The first-order chi connectivity index (χ1) is 12.7. The third kappa shape index (κ3) is 2.58. The number of nitriles is 1. The van der Waals surface area contributed by atoms with E-state index < -0.39 is 5.92 Å². The highest BCUT2D eigenvalue weighted by Gasteiger charge is 2.27. The predicted octanol–water partition coefficient (Wildman–Crippen LogP) is 4.21. The molecule has 1 heterocycles. The standard InChI is InChI=1S/C21H15N3O2/c1-26-19-11-14-7-3-2-6-13(14)10-15(19)20(25)16(12-22)21-23-17-8-4-5-9-18(17)24-21/h2-11,16H,1H3,(H,23,24). The topological polar surface area (TPSA) is 78.8 Å². The average Bonchev–Trinajstić information content (AvgIpc) is 3.11. The molecule has 0 bridgehead atoms. The summed E-state index contributed by atoms with van der Waals surface area (Å²) in [6, 6.07) is 20.8. The number of H-pyrrole nitrogens is 1. The van der Waals surface area contributed by atoms with Crippen molar-refractivity contribution in [3.8, 4) is 11.8 Å². The number of para-hydroxylation sites is 2. The van der Waals surface area contributed by atoms with Gasteiger partial charge in [0.15, 0.2) is 11.7 Å². The lowest BCUT2D eigenvalue weighted by Crippen LogP contribution is -2.14. The number of carbonyl (C=O) groups excluding carboxylic acids is 1. The molecule has 0 saturated carbocycles. The van der Waals surface area contributed by atoms with E-state index in [0.717, 1.165) is 21.8 Å². The van der Waals surface area contributed by atoms with Crippen LogP contribution in [0.1, 0.15) is 22.1 Å². The summed E-state index contributed by atoms with van der Waals surface area (Å²) in [7, 11) is 1.52. The third-order valence-electron chi connectivity index (χ3n) is 4.41. The first-order valence-electron chi connectivity index (χ1n) is 8.16. The number of fused-ring (bicyclic) bond motifs is 2. The number of carbonyl (C=O) groups is 1. The predicted molar refractivity (Wildman–Crippen MR) is 99.3 cm³/mol. The highest BCUT2D eigenvalue weighted by atomic mass is 16.5. The minimum absolute atomic E-state index is 0.339. The lowest BCUT2D eigenvalue weighted by Gasteiger charge is -2.11. The molecule has 0 radical (unpaired) electrons. The maximum absolute atomic E-state index is 13.1. The highest BCUT2D eigenvalue weighted by molar-refractivity contribution is 6.07. The lowest BCUT2D eigenvalue weighted by atomic mass is 9.95. The van der Waals surface area contributed by atoms with Crippen molar-refractivity contribution in [3.63, 3.8) is 0 Å². The Balaban J connectivity index is 1.82. The number of aromatic nitrogens is 2. The van der Waals surface area contributed by atoms with Crippen molar-refractivity contribution < 1.29 is 9.53 Å². The fourth-order valence-electron chi connectivity index (χ4n) is 3.09. The molecule has 4 aromatic rings. The van der Waals surface area contributed by atoms with Gasteiger partial charge < -0.3 is 9.72 Å². The van der Waals surface area contributed by atoms with Gasteiger partial charge in [-0.25, -0.2) is 4.98 Å². The molecule has 4 rings (SSSR count). The molecule has 5 heteroatoms. The fraction of sp³-hybridized carbons (Fsp3) is 0.0952. The van der Waals surface area contributed by atoms with Gasteiger partial charge in [-0.3, -0.25) is 4.79 Å². The van der Waals surface area contributed by atoms with Crippen molar-refractivity contribution in [2.75, 3.05) is 7.11 Å². The molecular weight excluding hydrogens is 326 g/mol. The molecule has 1 N–H and O–H groups in total. The van der Waals surface area contributed by atoms with Crippen LogP contribution in [0.4, 0.5) is 0 Å². The van der Waals surface area contributed by atoms with Crippen LogP contribution in [-0.2, 0) is 0 Å². The Labute approximate surface area is 149 Å². The van der Waals surface area contributed by atoms with Gasteiger partial charge in [0.05, 0.1) is 29.8 Å². The number of Topliss-reactive ketones (excluding diaryl/α,β-unsaturated/α-hetero) is 1. The molecule has 0 aliphatic heterocycles. The van der Waals surface area contributed by atoms with Crippen molar-refractivity contribution in [2.24, 2.45) is 0 Å². The van der Waals surface area contributed by atoms with Gasteiger partial charge in [-0.2, -0.15) is 5.26 Å². The van der Waals surface area contributed by atoms with Gasteiger partial charge in [0, 0.05) is 0 Å². The lowest BCUT2D eigenvalue weighted by molar-refractivity contribution is 0.0974. The first kappa shape index (κ1) is 15.9. The largest absolute Gasteiger partial charge is 0.496 e. The van der Waals surface area contributed by atoms with E-state index in [2.05, 4.69) is 16.0 Å². The zero-order valence-electron chi connectivity index (χ0n) is 14.1. The van der Waals surface area contributed by atoms with Crippen LogP contribution in [0.25, 0.3) is 21.8 Å². The van der Waals surface area contributed by atoms with E-state index >= 15 is 0 Å². The molecule has 0 aliphatic rings. The highest BCUT2D eigenvalue weighted by Crippen LogP contribution is 2.30. The van der Waals surface area contributed by atoms with E-state index in [0.29, 0.717) is 17.1 Å². The van der Waals surface area contributed by atoms with Crippen LogP contribution in [0.15, 0.2) is 60.7 Å². The smallest absolute Gasteiger partial charge is 0.191 e. The maximum Gasteiger partial charge on any atom is 0.191 e. The molecular formula is C21H15N3O2. The summed E-state index contributed by atoms with van der Waals surface area (Å²) in [6.07, 6.45) is 0. The number of nitrogens with one attached hydrogen (secondary N) is 1. The van der Waals surface area contributed by atoms with Gasteiger partial charge in [0.2, 0.25) is 0 Å². The van der Waals surface area contributed by atoms with E-state index in [1.54, 1.807) is 6.07 Å². The molecule has 0 aliphatic carbocycles. The quantitative estimate of drug-likeness (QED) is 0.564. The molecule has 0 saturated heterocycles. The summed E-state index contributed by atoms with van der Waals surface area (Å²) < 4.78 is 5.40. The number of hydrogen-bond donors (Lipinski definition) is 1. The van der Waals surface area contributed by atoms with Gasteiger partial charge in [-0.05, 0) is 35.0 Å². The Morgan fingerprint density at radius 3 is 2.50 bits per heavy atom. The summed E-state index contributed by atoms with van der Waals surface area (Å²) in [5.74, 6) is -0.578. The number of hydrogen-bond acceptors (Lipinski definition) is 4. The SMILES string of the molecule is COc1cc2ccccc2cc1C(=O)C(C#N)c1nc2ccccc2[nH]1. The number of nitrogens with zero attached hydrogens (tertiary/aromatic N) is 2. The van der Waals surface area contributed by atoms with Crippen LogP contribution in [-0.4, -0.2) is 22.9 Å². The van der Waals surface area contributed by atoms with E-state index in [9.17, 15) is 10.1 Å². The van der Waals surface area contributed by atoms with E-state index in [1.807, 2.05) is 54.6 Å². The second-order valence-corrected chi connectivity index (χ2v) is 5.97. The van der Waals surface area contributed by atoms with Crippen LogP contribution in [0.2, 0.25) is 0 Å². The fourth-order valence-corrected chi connectivity index (χ4v) is 3.09. The monoisotopic (exact) mass is 341 g/mol. The van der Waals surface area contributed by atoms with Gasteiger partial charge in [-0.1, -0.05) is 36.4 Å². The molecule has 0 amide bonds. The first-order valence-corrected chi connectivity index (χ1v) is 8.16. The molecule has 26 heavy (non-hydrogen) atoms. The normalized spacial score (nSPS) is 12.0. The minimum Gasteiger partial charge on any atom is -0.496 e. The summed E-state index contributed by atoms with van der Waals surface area (Å²) >= 11 is 0. The van der Waals surface area contributed by atoms with E-state index in [-0.39, 0.29) is 5.78 Å². The summed E-state index contributed by atoms with van der Waals surface area (Å²) in [5, 5.41) is 11.5. The van der Waals surface area contributed by atoms with Crippen LogP contribution in [0.3, 0.4) is 0 Å². The Kier molecular flexibility index (Phi) is 3.86. The Bertz CT molecular complexity index is 1140. The molecule has 5 nitrogen and oxygen atoms in total. The number of benzene rings is 3. The molecule has 3 aromatic carbocycles. The van der Waals surface area contributed by atoms with Crippen LogP contribution < -0.4 is 4.74 Å². The van der Waals surface area contributed by atoms with Crippen molar-refractivity contribution in [1.82, 2.24) is 9.97 Å². The Hall–Kier alpha value is -3.65. The second kappa shape index (κ2) is 6.34.